The van der Waals surface area contributed by atoms with E-state index in [2.05, 4.69) is 58.3 Å². The average molecular weight is 325 g/mol. The van der Waals surface area contributed by atoms with Crippen molar-refractivity contribution < 1.29 is 0 Å². The summed E-state index contributed by atoms with van der Waals surface area (Å²) in [5, 5.41) is 3.54. The average Bonchev–Trinajstić information content (AvgIpc) is 2.78. The Hall–Kier alpha value is -0.710. The van der Waals surface area contributed by atoms with Crippen molar-refractivity contribution in [1.82, 2.24) is 10.3 Å². The van der Waals surface area contributed by atoms with Crippen LogP contribution >= 0.6 is 27.3 Å². The molecular weight excluding hydrogens is 308 g/mol. The lowest BCUT2D eigenvalue weighted by Gasteiger charge is -2.17. The van der Waals surface area contributed by atoms with Crippen molar-refractivity contribution in [2.75, 3.05) is 6.54 Å². The maximum absolute atomic E-state index is 4.49. The van der Waals surface area contributed by atoms with Crippen LogP contribution in [-0.2, 0) is 6.42 Å². The second-order valence-electron chi connectivity index (χ2n) is 4.22. The zero-order valence-corrected chi connectivity index (χ0v) is 13.0. The first-order valence-electron chi connectivity index (χ1n) is 6.09. The molecule has 0 amide bonds. The summed E-state index contributed by atoms with van der Waals surface area (Å²) in [5.41, 5.74) is 2.43. The summed E-state index contributed by atoms with van der Waals surface area (Å²) < 4.78 is 1.18. The number of hydrogen-bond donors (Lipinski definition) is 1. The molecule has 1 unspecified atom stereocenters. The minimum atomic E-state index is 0.347. The van der Waals surface area contributed by atoms with E-state index in [-0.39, 0.29) is 0 Å². The maximum Gasteiger partial charge on any atom is 0.0701 e. The van der Waals surface area contributed by atoms with Gasteiger partial charge in [-0.1, -0.05) is 13.0 Å². The monoisotopic (exact) mass is 324 g/mol. The van der Waals surface area contributed by atoms with E-state index >= 15 is 0 Å². The predicted molar refractivity (Wildman–Crippen MR) is 81.1 cm³/mol. The first-order chi connectivity index (χ1) is 8.70. The molecular formula is C14H17BrN2S. The molecule has 0 saturated heterocycles. The van der Waals surface area contributed by atoms with Crippen LogP contribution in [0.25, 0.3) is 0 Å². The van der Waals surface area contributed by atoms with Gasteiger partial charge in [-0.2, -0.15) is 0 Å². The highest BCUT2D eigenvalue weighted by Crippen LogP contribution is 2.29. The van der Waals surface area contributed by atoms with Gasteiger partial charge in [0.2, 0.25) is 0 Å². The Kier molecular flexibility index (Phi) is 4.92. The number of likely N-dealkylation sites (N-methyl/N-ethyl adjacent to an activating group) is 1. The van der Waals surface area contributed by atoms with Gasteiger partial charge >= 0.3 is 0 Å². The van der Waals surface area contributed by atoms with Crippen molar-refractivity contribution in [3.05, 3.63) is 50.4 Å². The highest BCUT2D eigenvalue weighted by molar-refractivity contribution is 9.11. The first-order valence-corrected chi connectivity index (χ1v) is 7.70. The fraction of sp³-hybridized carbons (Fsp3) is 0.357. The van der Waals surface area contributed by atoms with Gasteiger partial charge in [0, 0.05) is 29.2 Å². The van der Waals surface area contributed by atoms with E-state index in [1.54, 1.807) is 11.3 Å². The highest BCUT2D eigenvalue weighted by Gasteiger charge is 2.15. The van der Waals surface area contributed by atoms with Crippen LogP contribution in [0.1, 0.15) is 29.1 Å². The van der Waals surface area contributed by atoms with E-state index < -0.39 is 0 Å². The number of hydrogen-bond acceptors (Lipinski definition) is 3. The lowest BCUT2D eigenvalue weighted by molar-refractivity contribution is 0.551. The largest absolute Gasteiger partial charge is 0.309 e. The van der Waals surface area contributed by atoms with Gasteiger partial charge < -0.3 is 5.32 Å². The van der Waals surface area contributed by atoms with Crippen LogP contribution in [0.5, 0.6) is 0 Å². The number of nitrogens with zero attached hydrogens (tertiary/aromatic N) is 1. The standard InChI is InChI=1S/C14H17BrN2S/c1-3-16-12(13-6-7-14(15)18-13)9-11-10(2)5-4-8-17-11/h4-8,12,16H,3,9H2,1-2H3. The molecule has 0 spiro atoms. The van der Waals surface area contributed by atoms with Crippen LogP contribution < -0.4 is 5.32 Å². The van der Waals surface area contributed by atoms with Gasteiger partial charge in [0.25, 0.3) is 0 Å². The Bertz CT molecular complexity index is 510. The summed E-state index contributed by atoms with van der Waals surface area (Å²) in [7, 11) is 0. The minimum Gasteiger partial charge on any atom is -0.309 e. The number of thiophene rings is 1. The predicted octanol–water partition coefficient (Wildman–Crippen LogP) is 4.11. The van der Waals surface area contributed by atoms with Gasteiger partial charge in [-0.15, -0.1) is 11.3 Å². The Morgan fingerprint density at radius 1 is 1.39 bits per heavy atom. The third-order valence-corrected chi connectivity index (χ3v) is 4.64. The molecule has 0 aliphatic heterocycles. The van der Waals surface area contributed by atoms with Crippen LogP contribution in [-0.4, -0.2) is 11.5 Å². The van der Waals surface area contributed by atoms with Crippen molar-refractivity contribution in [3.63, 3.8) is 0 Å². The number of nitrogens with one attached hydrogen (secondary N) is 1. The maximum atomic E-state index is 4.49. The smallest absolute Gasteiger partial charge is 0.0701 e. The molecule has 0 bridgehead atoms. The molecule has 2 rings (SSSR count). The number of pyridine rings is 1. The number of aryl methyl sites for hydroxylation is 1. The van der Waals surface area contributed by atoms with Gasteiger partial charge in [-0.05, 0) is 53.2 Å². The Morgan fingerprint density at radius 2 is 2.22 bits per heavy atom. The van der Waals surface area contributed by atoms with E-state index in [0.29, 0.717) is 6.04 Å². The van der Waals surface area contributed by atoms with Crippen LogP contribution in [0.3, 0.4) is 0 Å². The van der Waals surface area contributed by atoms with Crippen molar-refractivity contribution in [3.8, 4) is 0 Å². The summed E-state index contributed by atoms with van der Waals surface area (Å²) in [6, 6.07) is 8.74. The molecule has 0 aliphatic carbocycles. The van der Waals surface area contributed by atoms with Gasteiger partial charge in [0.05, 0.1) is 3.79 Å². The molecule has 4 heteroatoms. The second kappa shape index (κ2) is 6.45. The lowest BCUT2D eigenvalue weighted by atomic mass is 10.1. The molecule has 2 aromatic rings. The number of halogens is 1. The van der Waals surface area contributed by atoms with E-state index in [1.165, 1.54) is 19.9 Å². The Balaban J connectivity index is 2.19. The van der Waals surface area contributed by atoms with Crippen LogP contribution in [0.2, 0.25) is 0 Å². The van der Waals surface area contributed by atoms with Gasteiger partial charge in [-0.3, -0.25) is 4.98 Å². The van der Waals surface area contributed by atoms with Crippen molar-refractivity contribution >= 4 is 27.3 Å². The Labute approximate surface area is 121 Å². The molecule has 1 N–H and O–H groups in total. The van der Waals surface area contributed by atoms with Gasteiger partial charge in [0.1, 0.15) is 0 Å². The van der Waals surface area contributed by atoms with E-state index in [4.69, 9.17) is 0 Å². The van der Waals surface area contributed by atoms with E-state index in [0.717, 1.165) is 13.0 Å². The molecule has 18 heavy (non-hydrogen) atoms. The lowest BCUT2D eigenvalue weighted by Crippen LogP contribution is -2.22. The van der Waals surface area contributed by atoms with Gasteiger partial charge in [0.15, 0.2) is 0 Å². The highest BCUT2D eigenvalue weighted by atomic mass is 79.9. The Morgan fingerprint density at radius 3 is 2.83 bits per heavy atom. The SMILES string of the molecule is CCNC(Cc1ncccc1C)c1ccc(Br)s1. The summed E-state index contributed by atoms with van der Waals surface area (Å²) in [4.78, 5) is 5.84. The molecule has 2 nitrogen and oxygen atoms in total. The molecule has 0 aliphatic rings. The molecule has 2 aromatic heterocycles. The topological polar surface area (TPSA) is 24.9 Å². The quantitative estimate of drug-likeness (QED) is 0.895. The third-order valence-electron chi connectivity index (χ3n) is 2.90. The molecule has 0 aromatic carbocycles. The van der Waals surface area contributed by atoms with Gasteiger partial charge in [-0.25, -0.2) is 0 Å². The number of aromatic nitrogens is 1. The van der Waals surface area contributed by atoms with Crippen LogP contribution in [0, 0.1) is 6.92 Å². The molecule has 2 heterocycles. The zero-order valence-electron chi connectivity index (χ0n) is 10.6. The normalized spacial score (nSPS) is 12.6. The molecule has 0 radical (unpaired) electrons. The molecule has 1 atom stereocenters. The van der Waals surface area contributed by atoms with Crippen molar-refractivity contribution in [2.24, 2.45) is 0 Å². The fourth-order valence-electron chi connectivity index (χ4n) is 1.96. The second-order valence-corrected chi connectivity index (χ2v) is 6.72. The molecule has 0 saturated carbocycles. The number of rotatable bonds is 5. The first kappa shape index (κ1) is 13.7. The third kappa shape index (κ3) is 3.40. The minimum absolute atomic E-state index is 0.347. The molecule has 0 fully saturated rings. The summed E-state index contributed by atoms with van der Waals surface area (Å²) in [5.74, 6) is 0. The molecule has 96 valence electrons. The van der Waals surface area contributed by atoms with Crippen molar-refractivity contribution in [2.45, 2.75) is 26.3 Å². The van der Waals surface area contributed by atoms with E-state index in [1.807, 2.05) is 12.3 Å². The summed E-state index contributed by atoms with van der Waals surface area (Å²) in [6.45, 7) is 5.22. The zero-order chi connectivity index (χ0) is 13.0. The summed E-state index contributed by atoms with van der Waals surface area (Å²) in [6.07, 6.45) is 2.81. The van der Waals surface area contributed by atoms with Crippen molar-refractivity contribution in [1.29, 1.82) is 0 Å². The van der Waals surface area contributed by atoms with Crippen LogP contribution in [0.4, 0.5) is 0 Å². The van der Waals surface area contributed by atoms with Crippen LogP contribution in [0.15, 0.2) is 34.2 Å². The summed E-state index contributed by atoms with van der Waals surface area (Å²) >= 11 is 5.31. The fourth-order valence-corrected chi connectivity index (χ4v) is 3.46. The van der Waals surface area contributed by atoms with E-state index in [9.17, 15) is 0 Å².